The lowest BCUT2D eigenvalue weighted by Gasteiger charge is -2.35. The lowest BCUT2D eigenvalue weighted by atomic mass is 10.2. The van der Waals surface area contributed by atoms with E-state index in [0.717, 1.165) is 38.4 Å². The van der Waals surface area contributed by atoms with E-state index in [9.17, 15) is 4.79 Å². The lowest BCUT2D eigenvalue weighted by Crippen LogP contribution is -2.52. The Hall–Kier alpha value is -1.89. The van der Waals surface area contributed by atoms with Crippen LogP contribution in [0.4, 0.5) is 10.6 Å². The van der Waals surface area contributed by atoms with Crippen molar-refractivity contribution in [1.29, 1.82) is 0 Å². The molecule has 7 heteroatoms. The molecule has 0 radical (unpaired) electrons. The number of nitrogens with zero attached hydrogens (tertiary/aromatic N) is 4. The second-order valence-electron chi connectivity index (χ2n) is 5.36. The summed E-state index contributed by atoms with van der Waals surface area (Å²) in [5, 5.41) is 2.96. The van der Waals surface area contributed by atoms with Crippen LogP contribution in [0.5, 0.6) is 0 Å². The largest absolute Gasteiger partial charge is 0.376 e. The number of carbonyl (C=O) groups is 1. The molecule has 7 nitrogen and oxygen atoms in total. The van der Waals surface area contributed by atoms with Gasteiger partial charge in [0.25, 0.3) is 0 Å². The van der Waals surface area contributed by atoms with Crippen LogP contribution in [0.15, 0.2) is 18.6 Å². The predicted molar refractivity (Wildman–Crippen MR) is 78.2 cm³/mol. The third-order valence-corrected chi connectivity index (χ3v) is 3.95. The maximum absolute atomic E-state index is 12.1. The van der Waals surface area contributed by atoms with Crippen molar-refractivity contribution < 1.29 is 9.53 Å². The van der Waals surface area contributed by atoms with Crippen LogP contribution in [0.2, 0.25) is 0 Å². The van der Waals surface area contributed by atoms with E-state index in [1.807, 2.05) is 4.90 Å². The van der Waals surface area contributed by atoms with Crippen molar-refractivity contribution in [3.8, 4) is 0 Å². The van der Waals surface area contributed by atoms with E-state index < -0.39 is 0 Å². The van der Waals surface area contributed by atoms with Gasteiger partial charge < -0.3 is 19.9 Å². The maximum atomic E-state index is 12.1. The molecule has 0 saturated carbocycles. The van der Waals surface area contributed by atoms with Gasteiger partial charge >= 0.3 is 6.03 Å². The molecular formula is C14H21N5O2. The Morgan fingerprint density at radius 1 is 1.33 bits per heavy atom. The molecule has 21 heavy (non-hydrogen) atoms. The van der Waals surface area contributed by atoms with E-state index in [-0.39, 0.29) is 12.1 Å². The van der Waals surface area contributed by atoms with Crippen LogP contribution in [-0.4, -0.2) is 66.3 Å². The summed E-state index contributed by atoms with van der Waals surface area (Å²) in [5.41, 5.74) is 0. The topological polar surface area (TPSA) is 70.6 Å². The molecule has 2 aliphatic heterocycles. The van der Waals surface area contributed by atoms with Gasteiger partial charge in [0.2, 0.25) is 0 Å². The Bertz CT molecular complexity index is 456. The van der Waals surface area contributed by atoms with Crippen LogP contribution in [0, 0.1) is 0 Å². The van der Waals surface area contributed by atoms with Crippen LogP contribution in [0.1, 0.15) is 12.8 Å². The highest BCUT2D eigenvalue weighted by Crippen LogP contribution is 2.12. The van der Waals surface area contributed by atoms with E-state index in [1.54, 1.807) is 18.6 Å². The summed E-state index contributed by atoms with van der Waals surface area (Å²) in [6.07, 6.45) is 7.44. The number of amides is 2. The normalized spacial score (nSPS) is 22.4. The van der Waals surface area contributed by atoms with Crippen molar-refractivity contribution in [1.82, 2.24) is 20.2 Å². The summed E-state index contributed by atoms with van der Waals surface area (Å²) in [5.74, 6) is 0.872. The van der Waals surface area contributed by atoms with Crippen LogP contribution in [0.25, 0.3) is 0 Å². The first-order valence-electron chi connectivity index (χ1n) is 7.48. The molecule has 1 aromatic heterocycles. The van der Waals surface area contributed by atoms with Gasteiger partial charge in [0.05, 0.1) is 12.3 Å². The monoisotopic (exact) mass is 291 g/mol. The minimum atomic E-state index is 0.00398. The smallest absolute Gasteiger partial charge is 0.317 e. The van der Waals surface area contributed by atoms with Crippen LogP contribution >= 0.6 is 0 Å². The van der Waals surface area contributed by atoms with Gasteiger partial charge in [-0.25, -0.2) is 9.78 Å². The highest BCUT2D eigenvalue weighted by atomic mass is 16.5. The van der Waals surface area contributed by atoms with E-state index in [0.29, 0.717) is 19.6 Å². The Labute approximate surface area is 124 Å². The van der Waals surface area contributed by atoms with Gasteiger partial charge in [0.1, 0.15) is 5.82 Å². The number of hydrogen-bond acceptors (Lipinski definition) is 5. The number of anilines is 1. The predicted octanol–water partition coefficient (Wildman–Crippen LogP) is 0.487. The highest BCUT2D eigenvalue weighted by Gasteiger charge is 2.23. The molecule has 1 N–H and O–H groups in total. The average molecular weight is 291 g/mol. The first-order chi connectivity index (χ1) is 10.3. The molecule has 0 aromatic carbocycles. The molecular weight excluding hydrogens is 270 g/mol. The number of hydrogen-bond donors (Lipinski definition) is 1. The van der Waals surface area contributed by atoms with E-state index in [2.05, 4.69) is 20.2 Å². The summed E-state index contributed by atoms with van der Waals surface area (Å²) < 4.78 is 5.51. The minimum Gasteiger partial charge on any atom is -0.376 e. The van der Waals surface area contributed by atoms with Gasteiger partial charge in [-0.1, -0.05) is 0 Å². The van der Waals surface area contributed by atoms with E-state index >= 15 is 0 Å². The number of aromatic nitrogens is 2. The third kappa shape index (κ3) is 3.60. The van der Waals surface area contributed by atoms with Crippen LogP contribution in [0.3, 0.4) is 0 Å². The van der Waals surface area contributed by atoms with E-state index in [4.69, 9.17) is 4.74 Å². The molecule has 3 rings (SSSR count). The van der Waals surface area contributed by atoms with Gasteiger partial charge in [0.15, 0.2) is 0 Å². The number of piperazine rings is 1. The Morgan fingerprint density at radius 3 is 2.86 bits per heavy atom. The zero-order chi connectivity index (χ0) is 14.5. The van der Waals surface area contributed by atoms with Crippen LogP contribution < -0.4 is 10.2 Å². The molecule has 2 amide bonds. The third-order valence-electron chi connectivity index (χ3n) is 3.95. The van der Waals surface area contributed by atoms with Gasteiger partial charge in [-0.2, -0.15) is 0 Å². The summed E-state index contributed by atoms with van der Waals surface area (Å²) in [7, 11) is 0. The number of rotatable bonds is 3. The fourth-order valence-electron chi connectivity index (χ4n) is 2.71. The van der Waals surface area contributed by atoms with Crippen molar-refractivity contribution in [2.45, 2.75) is 18.9 Å². The summed E-state index contributed by atoms with van der Waals surface area (Å²) in [4.78, 5) is 24.5. The number of carbonyl (C=O) groups excluding carboxylic acids is 1. The number of ether oxygens (including phenoxy) is 1. The van der Waals surface area contributed by atoms with Crippen molar-refractivity contribution in [2.24, 2.45) is 0 Å². The molecule has 3 heterocycles. The van der Waals surface area contributed by atoms with Crippen LogP contribution in [-0.2, 0) is 4.74 Å². The van der Waals surface area contributed by atoms with Crippen molar-refractivity contribution in [2.75, 3.05) is 44.2 Å². The minimum absolute atomic E-state index is 0.00398. The molecule has 2 fully saturated rings. The SMILES string of the molecule is O=C(NCC1CCCO1)N1CCN(c2cnccn2)CC1. The number of urea groups is 1. The highest BCUT2D eigenvalue weighted by molar-refractivity contribution is 5.74. The fourth-order valence-corrected chi connectivity index (χ4v) is 2.71. The average Bonchev–Trinajstić information content (AvgIpc) is 3.07. The lowest BCUT2D eigenvalue weighted by molar-refractivity contribution is 0.108. The fraction of sp³-hybridized carbons (Fsp3) is 0.643. The summed E-state index contributed by atoms with van der Waals surface area (Å²) >= 11 is 0. The first kappa shape index (κ1) is 14.1. The maximum Gasteiger partial charge on any atom is 0.317 e. The Morgan fingerprint density at radius 2 is 2.19 bits per heavy atom. The molecule has 2 aliphatic rings. The quantitative estimate of drug-likeness (QED) is 0.877. The summed E-state index contributed by atoms with van der Waals surface area (Å²) in [6.45, 7) is 4.40. The number of nitrogens with one attached hydrogen (secondary N) is 1. The molecule has 0 aliphatic carbocycles. The van der Waals surface area contributed by atoms with Crippen molar-refractivity contribution in [3.05, 3.63) is 18.6 Å². The molecule has 1 unspecified atom stereocenters. The second kappa shape index (κ2) is 6.71. The molecule has 0 bridgehead atoms. The van der Waals surface area contributed by atoms with Crippen molar-refractivity contribution in [3.63, 3.8) is 0 Å². The standard InChI is InChI=1S/C14H21N5O2/c20-14(17-10-12-2-1-9-21-12)19-7-5-18(6-8-19)13-11-15-3-4-16-13/h3-4,11-12H,1-2,5-10H2,(H,17,20). The van der Waals surface area contributed by atoms with Gasteiger partial charge in [0, 0.05) is 51.7 Å². The molecule has 1 atom stereocenters. The molecule has 2 saturated heterocycles. The first-order valence-corrected chi connectivity index (χ1v) is 7.48. The Kier molecular flexibility index (Phi) is 4.49. The van der Waals surface area contributed by atoms with Gasteiger partial charge in [-0.3, -0.25) is 4.98 Å². The van der Waals surface area contributed by atoms with Gasteiger partial charge in [-0.15, -0.1) is 0 Å². The van der Waals surface area contributed by atoms with Crippen molar-refractivity contribution >= 4 is 11.8 Å². The summed E-state index contributed by atoms with van der Waals surface area (Å²) in [6, 6.07) is 0.00398. The van der Waals surface area contributed by atoms with E-state index in [1.165, 1.54) is 0 Å². The zero-order valence-corrected chi connectivity index (χ0v) is 12.1. The molecule has 114 valence electrons. The molecule has 0 spiro atoms. The Balaban J connectivity index is 1.43. The van der Waals surface area contributed by atoms with Gasteiger partial charge in [-0.05, 0) is 12.8 Å². The second-order valence-corrected chi connectivity index (χ2v) is 5.36. The molecule has 1 aromatic rings. The zero-order valence-electron chi connectivity index (χ0n) is 12.1.